The number of urea groups is 1. The van der Waals surface area contributed by atoms with E-state index in [1.165, 1.54) is 12.1 Å². The lowest BCUT2D eigenvalue weighted by Gasteiger charge is -2.23. The average Bonchev–Trinajstić information content (AvgIpc) is 2.66. The summed E-state index contributed by atoms with van der Waals surface area (Å²) >= 11 is 11.6. The largest absolute Gasteiger partial charge is 0.504 e. The maximum atomic E-state index is 12.3. The molecule has 28 heavy (non-hydrogen) atoms. The van der Waals surface area contributed by atoms with E-state index in [2.05, 4.69) is 15.5 Å². The average molecular weight is 427 g/mol. The Balaban J connectivity index is 2.06. The zero-order valence-electron chi connectivity index (χ0n) is 15.3. The van der Waals surface area contributed by atoms with Gasteiger partial charge in [-0.05, 0) is 48.9 Å². The molecule has 0 bridgehead atoms. The maximum absolute atomic E-state index is 12.3. The van der Waals surface area contributed by atoms with E-state index in [9.17, 15) is 15.0 Å². The first kappa shape index (κ1) is 21.9. The molecular weight excluding hydrogens is 403 g/mol. The van der Waals surface area contributed by atoms with Crippen molar-refractivity contribution in [1.82, 2.24) is 0 Å². The van der Waals surface area contributed by atoms with Gasteiger partial charge in [0.25, 0.3) is 0 Å². The van der Waals surface area contributed by atoms with Crippen LogP contribution in [-0.2, 0) is 6.42 Å². The third-order valence-electron chi connectivity index (χ3n) is 4.06. The van der Waals surface area contributed by atoms with E-state index in [1.54, 1.807) is 12.1 Å². The van der Waals surface area contributed by atoms with Crippen LogP contribution in [0.3, 0.4) is 0 Å². The number of phenols is 2. The number of aromatic hydroxyl groups is 2. The first-order valence-electron chi connectivity index (χ1n) is 8.78. The van der Waals surface area contributed by atoms with Gasteiger partial charge in [0.05, 0.1) is 0 Å². The summed E-state index contributed by atoms with van der Waals surface area (Å²) in [6.07, 6.45) is 0.440. The standard InChI is InChI=1S/C19H24Cl2N4O3/c20-6-9-25(10-7-21)15-3-1-14(2-4-15)23-19(28)24-16-12-18(27)17(26)11-13(16)5-8-22/h1-4,11-12,26-27H,5-10,22H2,(H2,23,24,28). The van der Waals surface area contributed by atoms with Gasteiger partial charge in [-0.2, -0.15) is 0 Å². The van der Waals surface area contributed by atoms with Crippen LogP contribution in [0.5, 0.6) is 11.5 Å². The Morgan fingerprint density at radius 2 is 1.61 bits per heavy atom. The zero-order valence-corrected chi connectivity index (χ0v) is 16.8. The van der Waals surface area contributed by atoms with E-state index in [0.29, 0.717) is 54.8 Å². The molecule has 0 heterocycles. The van der Waals surface area contributed by atoms with Crippen LogP contribution in [0.1, 0.15) is 5.56 Å². The quantitative estimate of drug-likeness (QED) is 0.239. The van der Waals surface area contributed by atoms with Gasteiger partial charge in [0.2, 0.25) is 0 Å². The predicted molar refractivity (Wildman–Crippen MR) is 115 cm³/mol. The molecule has 0 fully saturated rings. The minimum atomic E-state index is -0.477. The molecule has 0 aliphatic rings. The van der Waals surface area contributed by atoms with Crippen molar-refractivity contribution >= 4 is 46.3 Å². The molecule has 0 spiro atoms. The summed E-state index contributed by atoms with van der Waals surface area (Å²) in [6, 6.07) is 9.50. The first-order valence-corrected chi connectivity index (χ1v) is 9.85. The van der Waals surface area contributed by atoms with Crippen molar-refractivity contribution in [3.63, 3.8) is 0 Å². The van der Waals surface area contributed by atoms with E-state index >= 15 is 0 Å². The van der Waals surface area contributed by atoms with Gasteiger partial charge >= 0.3 is 6.03 Å². The molecule has 2 aromatic carbocycles. The molecule has 0 aliphatic heterocycles. The number of hydrogen-bond acceptors (Lipinski definition) is 5. The number of alkyl halides is 2. The van der Waals surface area contributed by atoms with Crippen LogP contribution in [0.25, 0.3) is 0 Å². The fourth-order valence-corrected chi connectivity index (χ4v) is 3.12. The molecule has 0 atom stereocenters. The van der Waals surface area contributed by atoms with E-state index in [0.717, 1.165) is 5.69 Å². The first-order chi connectivity index (χ1) is 13.5. The summed E-state index contributed by atoms with van der Waals surface area (Å²) in [4.78, 5) is 14.4. The fraction of sp³-hybridized carbons (Fsp3) is 0.316. The number of rotatable bonds is 9. The van der Waals surface area contributed by atoms with Crippen LogP contribution in [0.2, 0.25) is 0 Å². The molecule has 0 radical (unpaired) electrons. The van der Waals surface area contributed by atoms with Crippen LogP contribution in [0, 0.1) is 0 Å². The molecule has 2 amide bonds. The number of halogens is 2. The van der Waals surface area contributed by atoms with E-state index in [-0.39, 0.29) is 11.5 Å². The van der Waals surface area contributed by atoms with Gasteiger partial charge in [-0.1, -0.05) is 0 Å². The van der Waals surface area contributed by atoms with Crippen molar-refractivity contribution < 1.29 is 15.0 Å². The zero-order chi connectivity index (χ0) is 20.5. The normalized spacial score (nSPS) is 10.5. The molecule has 0 unspecified atom stereocenters. The number of phenolic OH excluding ortho intramolecular Hbond substituents is 2. The highest BCUT2D eigenvalue weighted by Gasteiger charge is 2.12. The number of benzene rings is 2. The molecular formula is C19H24Cl2N4O3. The van der Waals surface area contributed by atoms with Crippen LogP contribution >= 0.6 is 23.2 Å². The fourth-order valence-electron chi connectivity index (χ4n) is 2.71. The third kappa shape index (κ3) is 6.09. The SMILES string of the molecule is NCCc1cc(O)c(O)cc1NC(=O)Nc1ccc(N(CCCl)CCCl)cc1. The Morgan fingerprint density at radius 3 is 2.18 bits per heavy atom. The maximum Gasteiger partial charge on any atom is 0.323 e. The summed E-state index contributed by atoms with van der Waals surface area (Å²) in [5, 5.41) is 24.7. The Hall–Kier alpha value is -2.35. The lowest BCUT2D eigenvalue weighted by molar-refractivity contribution is 0.262. The monoisotopic (exact) mass is 426 g/mol. The van der Waals surface area contributed by atoms with Crippen LogP contribution in [-0.4, -0.2) is 47.6 Å². The Labute approximate surface area is 174 Å². The second-order valence-electron chi connectivity index (χ2n) is 6.03. The van der Waals surface area contributed by atoms with Gasteiger partial charge in [0, 0.05) is 48.0 Å². The van der Waals surface area contributed by atoms with Gasteiger partial charge in [-0.15, -0.1) is 23.2 Å². The Morgan fingerprint density at radius 1 is 1.00 bits per heavy atom. The van der Waals surface area contributed by atoms with Crippen LogP contribution in [0.4, 0.5) is 21.9 Å². The molecule has 2 rings (SSSR count). The molecule has 9 heteroatoms. The number of nitrogens with zero attached hydrogens (tertiary/aromatic N) is 1. The Bertz CT molecular complexity index is 781. The van der Waals surface area contributed by atoms with Crippen molar-refractivity contribution in [3.05, 3.63) is 42.0 Å². The van der Waals surface area contributed by atoms with Crippen LogP contribution in [0.15, 0.2) is 36.4 Å². The van der Waals surface area contributed by atoms with Crippen molar-refractivity contribution in [2.24, 2.45) is 5.73 Å². The summed E-state index contributed by atoms with van der Waals surface area (Å²) in [5.41, 5.74) is 8.12. The van der Waals surface area contributed by atoms with Crippen molar-refractivity contribution in [2.45, 2.75) is 6.42 Å². The second-order valence-corrected chi connectivity index (χ2v) is 6.78. The van der Waals surface area contributed by atoms with Gasteiger partial charge < -0.3 is 31.5 Å². The number of hydrogen-bond donors (Lipinski definition) is 5. The number of carbonyl (C=O) groups excluding carboxylic acids is 1. The molecule has 0 saturated carbocycles. The van der Waals surface area contributed by atoms with Crippen LogP contribution < -0.4 is 21.3 Å². The van der Waals surface area contributed by atoms with Gasteiger partial charge in [0.15, 0.2) is 11.5 Å². The highest BCUT2D eigenvalue weighted by molar-refractivity contribution is 6.18. The summed E-state index contributed by atoms with van der Waals surface area (Å²) < 4.78 is 0. The van der Waals surface area contributed by atoms with Crippen molar-refractivity contribution in [1.29, 1.82) is 0 Å². The summed E-state index contributed by atoms with van der Waals surface area (Å²) in [5.74, 6) is 0.399. The molecule has 6 N–H and O–H groups in total. The molecule has 2 aromatic rings. The molecule has 0 aliphatic carbocycles. The minimum Gasteiger partial charge on any atom is -0.504 e. The van der Waals surface area contributed by atoms with E-state index < -0.39 is 6.03 Å². The third-order valence-corrected chi connectivity index (χ3v) is 4.40. The van der Waals surface area contributed by atoms with E-state index in [4.69, 9.17) is 28.9 Å². The number of anilines is 3. The summed E-state index contributed by atoms with van der Waals surface area (Å²) in [7, 11) is 0. The number of carbonyl (C=O) groups is 1. The second kappa shape index (κ2) is 10.8. The topological polar surface area (TPSA) is 111 Å². The number of amides is 2. The van der Waals surface area contributed by atoms with E-state index in [1.807, 2.05) is 12.1 Å². The number of nitrogens with two attached hydrogens (primary N) is 1. The van der Waals surface area contributed by atoms with Crippen molar-refractivity contribution in [3.8, 4) is 11.5 Å². The summed E-state index contributed by atoms with van der Waals surface area (Å²) in [6.45, 7) is 1.69. The smallest absolute Gasteiger partial charge is 0.323 e. The Kier molecular flexibility index (Phi) is 8.50. The predicted octanol–water partition coefficient (Wildman–Crippen LogP) is 3.53. The molecule has 152 valence electrons. The van der Waals surface area contributed by atoms with Gasteiger partial charge in [-0.25, -0.2) is 4.79 Å². The highest BCUT2D eigenvalue weighted by atomic mass is 35.5. The molecule has 7 nitrogen and oxygen atoms in total. The van der Waals surface area contributed by atoms with Gasteiger partial charge in [0.1, 0.15) is 0 Å². The lowest BCUT2D eigenvalue weighted by atomic mass is 10.1. The minimum absolute atomic E-state index is 0.261. The number of nitrogens with one attached hydrogen (secondary N) is 2. The van der Waals surface area contributed by atoms with Crippen molar-refractivity contribution in [2.75, 3.05) is 46.9 Å². The lowest BCUT2D eigenvalue weighted by Crippen LogP contribution is -2.27. The molecule has 0 aromatic heterocycles. The highest BCUT2D eigenvalue weighted by Crippen LogP contribution is 2.31. The van der Waals surface area contributed by atoms with Gasteiger partial charge in [-0.3, -0.25) is 0 Å². The molecule has 0 saturated heterocycles.